The lowest BCUT2D eigenvalue weighted by atomic mass is 10.1. The topological polar surface area (TPSA) is 18.1 Å². The summed E-state index contributed by atoms with van der Waals surface area (Å²) in [4.78, 5) is 0. The summed E-state index contributed by atoms with van der Waals surface area (Å²) in [5.41, 5.74) is 6.60. The van der Waals surface area contributed by atoms with Gasteiger partial charge in [0.1, 0.15) is 11.2 Å². The molecule has 0 unspecified atom stereocenters. The van der Waals surface area contributed by atoms with Crippen molar-refractivity contribution in [3.63, 3.8) is 0 Å². The Kier molecular flexibility index (Phi) is 4.79. The van der Waals surface area contributed by atoms with Crippen molar-refractivity contribution in [1.29, 1.82) is 0 Å². The summed E-state index contributed by atoms with van der Waals surface area (Å²) in [5.74, 6) is 0.809. The summed E-state index contributed by atoms with van der Waals surface area (Å²) in [5, 5.41) is 7.49. The summed E-state index contributed by atoms with van der Waals surface area (Å²) in [6.07, 6.45) is 0.910. The lowest BCUT2D eigenvalue weighted by molar-refractivity contribution is 0.668. The van der Waals surface area contributed by atoms with Gasteiger partial charge in [-0.15, -0.1) is 11.3 Å². The van der Waals surface area contributed by atoms with Crippen molar-refractivity contribution in [2.24, 2.45) is 0 Å². The van der Waals surface area contributed by atoms with Gasteiger partial charge in [0.15, 0.2) is 0 Å². The number of thiophene rings is 1. The molecule has 5 aromatic carbocycles. The van der Waals surface area contributed by atoms with E-state index in [-0.39, 0.29) is 0 Å². The molecule has 0 saturated heterocycles. The molecule has 5 heteroatoms. The largest absolute Gasteiger partial charge is 0.456 e. The van der Waals surface area contributed by atoms with E-state index in [1.807, 2.05) is 11.3 Å². The minimum Gasteiger partial charge on any atom is -0.456 e. The van der Waals surface area contributed by atoms with Crippen LogP contribution in [-0.4, -0.2) is 10.3 Å². The third-order valence-electron chi connectivity index (χ3n) is 7.41. The Balaban J connectivity index is 1.46. The number of rotatable bonds is 3. The second kappa shape index (κ2) is 8.12. The normalized spacial score (nSPS) is 12.3. The Hall–Kier alpha value is -3.25. The molecule has 0 saturated carbocycles. The van der Waals surface area contributed by atoms with Crippen LogP contribution in [0.5, 0.6) is 0 Å². The maximum absolute atomic E-state index is 6.30. The van der Waals surface area contributed by atoms with Crippen molar-refractivity contribution >= 4 is 104 Å². The number of hydrogen-bond acceptors (Lipinski definition) is 3. The third kappa shape index (κ3) is 3.11. The van der Waals surface area contributed by atoms with Crippen LogP contribution in [0.25, 0.3) is 69.6 Å². The first kappa shape index (κ1) is 21.8. The Bertz CT molecular complexity index is 2180. The van der Waals surface area contributed by atoms with Gasteiger partial charge in [-0.2, -0.15) is 12.6 Å². The molecule has 0 N–H and O–H groups in total. The first-order valence-corrected chi connectivity index (χ1v) is 14.5. The number of fused-ring (bicyclic) bond motifs is 10. The maximum Gasteiger partial charge on any atom is 0.136 e. The zero-order chi connectivity index (χ0) is 24.7. The number of benzene rings is 5. The highest BCUT2D eigenvalue weighted by Crippen LogP contribution is 2.44. The molecular formula is C32H20BrNOS2. The molecule has 0 aliphatic carbocycles. The zero-order valence-corrected chi connectivity index (χ0v) is 23.0. The molecule has 0 fully saturated rings. The van der Waals surface area contributed by atoms with Crippen LogP contribution < -0.4 is 0 Å². The van der Waals surface area contributed by atoms with Gasteiger partial charge >= 0.3 is 0 Å². The van der Waals surface area contributed by atoms with E-state index in [0.29, 0.717) is 0 Å². The molecule has 37 heavy (non-hydrogen) atoms. The molecule has 0 amide bonds. The second-order valence-electron chi connectivity index (χ2n) is 9.49. The average molecular weight is 579 g/mol. The van der Waals surface area contributed by atoms with E-state index in [2.05, 4.69) is 124 Å². The van der Waals surface area contributed by atoms with Gasteiger partial charge in [0.2, 0.25) is 0 Å². The van der Waals surface area contributed by atoms with E-state index in [9.17, 15) is 0 Å². The molecule has 8 rings (SSSR count). The third-order valence-corrected chi connectivity index (χ3v) is 9.46. The van der Waals surface area contributed by atoms with Crippen LogP contribution in [0, 0.1) is 0 Å². The fraction of sp³-hybridized carbons (Fsp3) is 0.0625. The van der Waals surface area contributed by atoms with Crippen LogP contribution in [0.4, 0.5) is 0 Å². The number of thiol groups is 1. The quantitative estimate of drug-likeness (QED) is 0.207. The summed E-state index contributed by atoms with van der Waals surface area (Å²) in [6, 6.07) is 32.9. The van der Waals surface area contributed by atoms with Crippen molar-refractivity contribution < 1.29 is 4.42 Å². The Morgan fingerprint density at radius 1 is 0.730 bits per heavy atom. The second-order valence-corrected chi connectivity index (χ2v) is 11.8. The molecule has 3 aromatic heterocycles. The first-order valence-electron chi connectivity index (χ1n) is 12.3. The van der Waals surface area contributed by atoms with E-state index in [4.69, 9.17) is 4.42 Å². The van der Waals surface area contributed by atoms with E-state index in [0.717, 1.165) is 44.3 Å². The molecule has 3 heterocycles. The highest BCUT2D eigenvalue weighted by Gasteiger charge is 2.19. The Morgan fingerprint density at radius 2 is 1.57 bits per heavy atom. The Labute approximate surface area is 230 Å². The predicted octanol–water partition coefficient (Wildman–Crippen LogP) is 10.3. The van der Waals surface area contributed by atoms with Crippen LogP contribution in [0.15, 0.2) is 99.9 Å². The molecular weight excluding hydrogens is 558 g/mol. The van der Waals surface area contributed by atoms with Crippen molar-refractivity contribution in [2.75, 3.05) is 5.75 Å². The van der Waals surface area contributed by atoms with Crippen LogP contribution >= 0.6 is 39.9 Å². The van der Waals surface area contributed by atoms with Crippen molar-refractivity contribution in [1.82, 2.24) is 4.57 Å². The maximum atomic E-state index is 6.30. The number of aryl methyl sites for hydroxylation is 1. The number of halogens is 1. The van der Waals surface area contributed by atoms with Crippen molar-refractivity contribution in [3.8, 4) is 5.69 Å². The lowest BCUT2D eigenvalue weighted by Gasteiger charge is -2.08. The molecule has 0 spiro atoms. The van der Waals surface area contributed by atoms with E-state index in [1.165, 1.54) is 47.5 Å². The number of furan rings is 1. The highest BCUT2D eigenvalue weighted by atomic mass is 79.9. The number of aromatic nitrogens is 1. The van der Waals surface area contributed by atoms with Gasteiger partial charge in [0.25, 0.3) is 0 Å². The monoisotopic (exact) mass is 577 g/mol. The molecule has 0 aliphatic rings. The standard InChI is InChI=1S/C32H20BrNOS2/c33-24-15-18(13-14-36)16-28-30(24)23-17-19(9-12-27(23)35-28)34-25-7-3-1-6-22(25)31-26(34)11-10-21-20-5-2-4-8-29(20)37-32(21)31/h1-12,15-17,36H,13-14H2. The molecule has 0 atom stereocenters. The summed E-state index contributed by atoms with van der Waals surface area (Å²) in [7, 11) is 0. The average Bonchev–Trinajstić information content (AvgIpc) is 3.57. The molecule has 0 radical (unpaired) electrons. The van der Waals surface area contributed by atoms with Crippen molar-refractivity contribution in [3.05, 3.63) is 101 Å². The van der Waals surface area contributed by atoms with Gasteiger partial charge in [-0.1, -0.05) is 58.4 Å². The molecule has 2 nitrogen and oxygen atoms in total. The van der Waals surface area contributed by atoms with Gasteiger partial charge in [-0.05, 0) is 66.3 Å². The van der Waals surface area contributed by atoms with Gasteiger partial charge in [0, 0.05) is 51.9 Å². The van der Waals surface area contributed by atoms with Crippen LogP contribution in [0.1, 0.15) is 5.56 Å². The van der Waals surface area contributed by atoms with E-state index in [1.54, 1.807) is 0 Å². The zero-order valence-electron chi connectivity index (χ0n) is 19.7. The highest BCUT2D eigenvalue weighted by molar-refractivity contribution is 9.10. The van der Waals surface area contributed by atoms with Gasteiger partial charge < -0.3 is 8.98 Å². The number of para-hydroxylation sites is 1. The smallest absolute Gasteiger partial charge is 0.136 e. The summed E-state index contributed by atoms with van der Waals surface area (Å²) in [6.45, 7) is 0. The minimum absolute atomic E-state index is 0.809. The molecule has 0 aliphatic heterocycles. The number of nitrogens with zero attached hydrogens (tertiary/aromatic N) is 1. The number of hydrogen-bond donors (Lipinski definition) is 1. The predicted molar refractivity (Wildman–Crippen MR) is 166 cm³/mol. The van der Waals surface area contributed by atoms with Gasteiger partial charge in [0.05, 0.1) is 11.0 Å². The van der Waals surface area contributed by atoms with Crippen LogP contribution in [-0.2, 0) is 6.42 Å². The van der Waals surface area contributed by atoms with Gasteiger partial charge in [-0.25, -0.2) is 0 Å². The first-order chi connectivity index (χ1) is 18.2. The summed E-state index contributed by atoms with van der Waals surface area (Å²) < 4.78 is 12.4. The molecule has 8 aromatic rings. The van der Waals surface area contributed by atoms with Crippen molar-refractivity contribution in [2.45, 2.75) is 6.42 Å². The van der Waals surface area contributed by atoms with Gasteiger partial charge in [-0.3, -0.25) is 0 Å². The SMILES string of the molecule is SCCc1cc(Br)c2c(c1)oc1ccc(-n3c4ccccc4c4c5sc6ccccc6c5ccc43)cc12. The van der Waals surface area contributed by atoms with E-state index >= 15 is 0 Å². The fourth-order valence-corrected chi connectivity index (χ4v) is 8.04. The molecule has 0 bridgehead atoms. The van der Waals surface area contributed by atoms with E-state index < -0.39 is 0 Å². The fourth-order valence-electron chi connectivity index (χ4n) is 5.82. The van der Waals surface area contributed by atoms with Crippen LogP contribution in [0.2, 0.25) is 0 Å². The Morgan fingerprint density at radius 3 is 2.46 bits per heavy atom. The minimum atomic E-state index is 0.809. The molecule has 178 valence electrons. The lowest BCUT2D eigenvalue weighted by Crippen LogP contribution is -1.93. The van der Waals surface area contributed by atoms with Crippen LogP contribution in [0.3, 0.4) is 0 Å². The summed E-state index contributed by atoms with van der Waals surface area (Å²) >= 11 is 10.1.